The van der Waals surface area contributed by atoms with E-state index in [1.165, 1.54) is 12.1 Å². The largest absolute Gasteiger partial charge is 0.479 e. The predicted molar refractivity (Wildman–Crippen MR) is 78.7 cm³/mol. The van der Waals surface area contributed by atoms with Crippen molar-refractivity contribution in [2.75, 3.05) is 5.32 Å². The maximum absolute atomic E-state index is 11.7. The zero-order valence-electron chi connectivity index (χ0n) is 12.0. The molecular weight excluding hydrogens is 298 g/mol. The van der Waals surface area contributed by atoms with Crippen LogP contribution in [0.25, 0.3) is 0 Å². The number of benzene rings is 1. The van der Waals surface area contributed by atoms with E-state index in [4.69, 9.17) is 21.4 Å². The molecule has 0 saturated heterocycles. The first kappa shape index (κ1) is 17.3. The molecule has 0 heterocycles. The van der Waals surface area contributed by atoms with E-state index in [0.29, 0.717) is 11.3 Å². The Balaban J connectivity index is 2.83. The fourth-order valence-corrected chi connectivity index (χ4v) is 1.68. The molecule has 0 spiro atoms. The van der Waals surface area contributed by atoms with E-state index >= 15 is 0 Å². The standard InChI is InChI=1S/C14H18ClNO5/c1-14(2,3)21-13(20)16-10-6-8(4-5-9(10)15)7-11(17)12(18)19/h4-6,11,17H,7H2,1-3H3,(H,16,20)(H,18,19). The average Bonchev–Trinajstić information content (AvgIpc) is 2.30. The second kappa shape index (κ2) is 6.78. The highest BCUT2D eigenvalue weighted by Crippen LogP contribution is 2.24. The van der Waals surface area contributed by atoms with Crippen molar-refractivity contribution in [3.05, 3.63) is 28.8 Å². The minimum Gasteiger partial charge on any atom is -0.479 e. The average molecular weight is 316 g/mol. The van der Waals surface area contributed by atoms with E-state index in [9.17, 15) is 14.7 Å². The van der Waals surface area contributed by atoms with Crippen molar-refractivity contribution in [3.63, 3.8) is 0 Å². The highest BCUT2D eigenvalue weighted by Gasteiger charge is 2.18. The molecule has 0 aliphatic rings. The second-order valence-corrected chi connectivity index (χ2v) is 5.91. The van der Waals surface area contributed by atoms with Gasteiger partial charge in [-0.1, -0.05) is 17.7 Å². The molecule has 0 saturated carbocycles. The smallest absolute Gasteiger partial charge is 0.412 e. The van der Waals surface area contributed by atoms with Crippen LogP contribution in [0.3, 0.4) is 0 Å². The van der Waals surface area contributed by atoms with E-state index in [0.717, 1.165) is 0 Å². The number of aliphatic hydroxyl groups excluding tert-OH is 1. The summed E-state index contributed by atoms with van der Waals surface area (Å²) in [6.07, 6.45) is -2.27. The van der Waals surface area contributed by atoms with Gasteiger partial charge in [-0.3, -0.25) is 5.32 Å². The number of nitrogens with one attached hydrogen (secondary N) is 1. The summed E-state index contributed by atoms with van der Waals surface area (Å²) in [6, 6.07) is 4.59. The molecular formula is C14H18ClNO5. The summed E-state index contributed by atoms with van der Waals surface area (Å²) in [5.74, 6) is -1.31. The molecule has 7 heteroatoms. The number of carbonyl (C=O) groups is 2. The zero-order chi connectivity index (χ0) is 16.2. The summed E-state index contributed by atoms with van der Waals surface area (Å²) < 4.78 is 5.10. The van der Waals surface area contributed by atoms with E-state index in [1.54, 1.807) is 26.8 Å². The number of ether oxygens (including phenoxy) is 1. The van der Waals surface area contributed by atoms with Crippen LogP contribution in [-0.2, 0) is 16.0 Å². The van der Waals surface area contributed by atoms with Crippen LogP contribution in [0.1, 0.15) is 26.3 Å². The van der Waals surface area contributed by atoms with Crippen LogP contribution < -0.4 is 5.32 Å². The van der Waals surface area contributed by atoms with Gasteiger partial charge in [0.1, 0.15) is 5.60 Å². The molecule has 0 aromatic heterocycles. The second-order valence-electron chi connectivity index (χ2n) is 5.50. The number of anilines is 1. The lowest BCUT2D eigenvalue weighted by Crippen LogP contribution is -2.27. The van der Waals surface area contributed by atoms with Gasteiger partial charge >= 0.3 is 12.1 Å². The minimum atomic E-state index is -1.51. The Morgan fingerprint density at radius 3 is 2.52 bits per heavy atom. The Kier molecular flexibility index (Phi) is 5.57. The number of carboxylic acid groups (broad SMARTS) is 1. The third-order valence-electron chi connectivity index (χ3n) is 2.38. The van der Waals surface area contributed by atoms with Crippen molar-refractivity contribution in [2.45, 2.75) is 38.9 Å². The Morgan fingerprint density at radius 1 is 1.38 bits per heavy atom. The molecule has 0 aliphatic heterocycles. The quantitative estimate of drug-likeness (QED) is 0.794. The molecule has 116 valence electrons. The highest BCUT2D eigenvalue weighted by atomic mass is 35.5. The third kappa shape index (κ3) is 6.01. The molecule has 1 rings (SSSR count). The number of rotatable bonds is 4. The van der Waals surface area contributed by atoms with Crippen LogP contribution in [0.15, 0.2) is 18.2 Å². The maximum atomic E-state index is 11.7. The number of aliphatic carboxylic acids is 1. The van der Waals surface area contributed by atoms with Crippen LogP contribution in [0.5, 0.6) is 0 Å². The molecule has 1 aromatic rings. The van der Waals surface area contributed by atoms with E-state index in [1.807, 2.05) is 0 Å². The fourth-order valence-electron chi connectivity index (χ4n) is 1.52. The van der Waals surface area contributed by atoms with Gasteiger partial charge < -0.3 is 14.9 Å². The molecule has 1 aromatic carbocycles. The molecule has 0 fully saturated rings. The van der Waals surface area contributed by atoms with Crippen molar-refractivity contribution >= 4 is 29.4 Å². The lowest BCUT2D eigenvalue weighted by molar-refractivity contribution is -0.146. The molecule has 3 N–H and O–H groups in total. The summed E-state index contributed by atoms with van der Waals surface area (Å²) in [6.45, 7) is 5.19. The Morgan fingerprint density at radius 2 is 2.00 bits per heavy atom. The summed E-state index contributed by atoms with van der Waals surface area (Å²) >= 11 is 5.96. The van der Waals surface area contributed by atoms with Crippen LogP contribution >= 0.6 is 11.6 Å². The fraction of sp³-hybridized carbons (Fsp3) is 0.429. The van der Waals surface area contributed by atoms with Crippen LogP contribution in [0, 0.1) is 0 Å². The first-order valence-corrected chi connectivity index (χ1v) is 6.65. The van der Waals surface area contributed by atoms with E-state index < -0.39 is 23.8 Å². The van der Waals surface area contributed by atoms with Gasteiger partial charge in [-0.15, -0.1) is 0 Å². The number of amides is 1. The van der Waals surface area contributed by atoms with Gasteiger partial charge in [-0.2, -0.15) is 0 Å². The van der Waals surface area contributed by atoms with Gasteiger partial charge in [0, 0.05) is 6.42 Å². The van der Waals surface area contributed by atoms with Crippen LogP contribution in [-0.4, -0.2) is 34.0 Å². The molecule has 0 aliphatic carbocycles. The molecule has 1 unspecified atom stereocenters. The van der Waals surface area contributed by atoms with Crippen molar-refractivity contribution < 1.29 is 24.5 Å². The topological polar surface area (TPSA) is 95.9 Å². The van der Waals surface area contributed by atoms with Crippen molar-refractivity contribution in [1.29, 1.82) is 0 Å². The van der Waals surface area contributed by atoms with Gasteiger partial charge in [0.2, 0.25) is 0 Å². The van der Waals surface area contributed by atoms with Gasteiger partial charge in [0.25, 0.3) is 0 Å². The molecule has 1 atom stereocenters. The maximum Gasteiger partial charge on any atom is 0.412 e. The molecule has 0 radical (unpaired) electrons. The Hall–Kier alpha value is -1.79. The molecule has 21 heavy (non-hydrogen) atoms. The Bertz CT molecular complexity index is 539. The number of carbonyl (C=O) groups excluding carboxylic acids is 1. The predicted octanol–water partition coefficient (Wildman–Crippen LogP) is 2.68. The summed E-state index contributed by atoms with van der Waals surface area (Å²) in [5, 5.41) is 20.8. The van der Waals surface area contributed by atoms with Gasteiger partial charge in [-0.25, -0.2) is 9.59 Å². The highest BCUT2D eigenvalue weighted by molar-refractivity contribution is 6.33. The van der Waals surface area contributed by atoms with Crippen LogP contribution in [0.2, 0.25) is 5.02 Å². The van der Waals surface area contributed by atoms with Crippen molar-refractivity contribution in [3.8, 4) is 0 Å². The lowest BCUT2D eigenvalue weighted by atomic mass is 10.1. The van der Waals surface area contributed by atoms with Gasteiger partial charge in [0.15, 0.2) is 6.10 Å². The SMILES string of the molecule is CC(C)(C)OC(=O)Nc1cc(CC(O)C(=O)O)ccc1Cl. The van der Waals surface area contributed by atoms with Crippen LogP contribution in [0.4, 0.5) is 10.5 Å². The third-order valence-corrected chi connectivity index (χ3v) is 2.71. The minimum absolute atomic E-state index is 0.0878. The zero-order valence-corrected chi connectivity index (χ0v) is 12.8. The number of halogens is 1. The van der Waals surface area contributed by atoms with Gasteiger partial charge in [-0.05, 0) is 38.5 Å². The normalized spacial score (nSPS) is 12.6. The first-order chi connectivity index (χ1) is 9.58. The van der Waals surface area contributed by atoms with E-state index in [2.05, 4.69) is 5.32 Å². The lowest BCUT2D eigenvalue weighted by Gasteiger charge is -2.20. The summed E-state index contributed by atoms with van der Waals surface area (Å²) in [7, 11) is 0. The first-order valence-electron chi connectivity index (χ1n) is 6.28. The number of hydrogen-bond donors (Lipinski definition) is 3. The number of aliphatic hydroxyl groups is 1. The molecule has 0 bridgehead atoms. The molecule has 6 nitrogen and oxygen atoms in total. The molecule has 1 amide bonds. The Labute approximate surface area is 127 Å². The summed E-state index contributed by atoms with van der Waals surface area (Å²) in [5.41, 5.74) is 0.176. The van der Waals surface area contributed by atoms with Crippen molar-refractivity contribution in [1.82, 2.24) is 0 Å². The summed E-state index contributed by atoms with van der Waals surface area (Å²) in [4.78, 5) is 22.3. The van der Waals surface area contributed by atoms with Gasteiger partial charge in [0.05, 0.1) is 10.7 Å². The number of carboxylic acids is 1. The van der Waals surface area contributed by atoms with E-state index in [-0.39, 0.29) is 11.4 Å². The monoisotopic (exact) mass is 315 g/mol. The van der Waals surface area contributed by atoms with Crippen molar-refractivity contribution in [2.24, 2.45) is 0 Å². The number of hydrogen-bond acceptors (Lipinski definition) is 4.